The highest BCUT2D eigenvalue weighted by Crippen LogP contribution is 2.39. The van der Waals surface area contributed by atoms with Crippen LogP contribution in [0.2, 0.25) is 0 Å². The molecular weight excluding hydrogens is 401 g/mol. The van der Waals surface area contributed by atoms with Gasteiger partial charge in [-0.25, -0.2) is 9.18 Å². The first kappa shape index (κ1) is 18.3. The first-order chi connectivity index (χ1) is 12.3. The van der Waals surface area contributed by atoms with Crippen molar-refractivity contribution >= 4 is 38.0 Å². The van der Waals surface area contributed by atoms with Crippen LogP contribution in [-0.4, -0.2) is 17.0 Å². The number of halogens is 2. The molecule has 1 amide bonds. The Labute approximate surface area is 159 Å². The van der Waals surface area contributed by atoms with Crippen molar-refractivity contribution in [3.05, 3.63) is 70.0 Å². The zero-order valence-electron chi connectivity index (χ0n) is 14.3. The Morgan fingerprint density at radius 2 is 1.96 bits per heavy atom. The summed E-state index contributed by atoms with van der Waals surface area (Å²) < 4.78 is 14.3. The van der Waals surface area contributed by atoms with E-state index in [0.717, 1.165) is 5.56 Å². The number of amides is 1. The van der Waals surface area contributed by atoms with E-state index in [0.29, 0.717) is 26.9 Å². The number of carbonyl (C=O) groups is 2. The normalized spacial score (nSPS) is 14.3. The van der Waals surface area contributed by atoms with Gasteiger partial charge in [-0.3, -0.25) is 4.79 Å². The molecule has 0 saturated heterocycles. The summed E-state index contributed by atoms with van der Waals surface area (Å²) in [5.74, 6) is -1.82. The van der Waals surface area contributed by atoms with Gasteiger partial charge >= 0.3 is 5.97 Å². The maximum atomic E-state index is 13.9. The molecule has 2 aromatic rings. The van der Waals surface area contributed by atoms with Gasteiger partial charge < -0.3 is 10.0 Å². The molecule has 134 valence electrons. The molecule has 0 saturated carbocycles. The van der Waals surface area contributed by atoms with Gasteiger partial charge in [0.25, 0.3) is 0 Å². The van der Waals surface area contributed by atoms with Crippen LogP contribution < -0.4 is 4.90 Å². The van der Waals surface area contributed by atoms with Crippen molar-refractivity contribution in [1.29, 1.82) is 0 Å². The van der Waals surface area contributed by atoms with Crippen LogP contribution in [0.1, 0.15) is 28.7 Å². The van der Waals surface area contributed by atoms with Crippen LogP contribution >= 0.6 is 15.9 Å². The molecule has 2 aromatic carbocycles. The van der Waals surface area contributed by atoms with Gasteiger partial charge in [-0.2, -0.15) is 0 Å². The van der Waals surface area contributed by atoms with Crippen LogP contribution in [0.25, 0.3) is 4.48 Å². The van der Waals surface area contributed by atoms with Crippen LogP contribution in [0.15, 0.2) is 42.0 Å². The van der Waals surface area contributed by atoms with Crippen LogP contribution in [0.5, 0.6) is 0 Å². The molecule has 0 unspecified atom stereocenters. The lowest BCUT2D eigenvalue weighted by Gasteiger charge is -2.24. The minimum absolute atomic E-state index is 0.0117. The number of nitrogens with zero attached hydrogens (tertiary/aromatic N) is 1. The smallest absolute Gasteiger partial charge is 0.333 e. The van der Waals surface area contributed by atoms with Crippen molar-refractivity contribution in [3.8, 4) is 0 Å². The molecule has 6 heteroatoms. The number of carbonyl (C=O) groups excluding carboxylic acids is 1. The van der Waals surface area contributed by atoms with Gasteiger partial charge in [0.1, 0.15) is 5.82 Å². The molecule has 1 heterocycles. The highest BCUT2D eigenvalue weighted by atomic mass is 79.9. The molecule has 0 bridgehead atoms. The van der Waals surface area contributed by atoms with E-state index < -0.39 is 5.97 Å². The van der Waals surface area contributed by atoms with Crippen molar-refractivity contribution in [1.82, 2.24) is 0 Å². The summed E-state index contributed by atoms with van der Waals surface area (Å²) in [6.07, 6.45) is -0.238. The lowest BCUT2D eigenvalue weighted by molar-refractivity contribution is -0.133. The molecule has 26 heavy (non-hydrogen) atoms. The van der Waals surface area contributed by atoms with E-state index >= 15 is 0 Å². The third-order valence-electron chi connectivity index (χ3n) is 4.41. The summed E-state index contributed by atoms with van der Waals surface area (Å²) in [6, 6.07) is 10.3. The van der Waals surface area contributed by atoms with Gasteiger partial charge in [-0.15, -0.1) is 0 Å². The monoisotopic (exact) mass is 417 g/mol. The van der Waals surface area contributed by atoms with Gasteiger partial charge in [0.15, 0.2) is 0 Å². The lowest BCUT2D eigenvalue weighted by atomic mass is 10.1. The number of hydrogen-bond donors (Lipinski definition) is 1. The van der Waals surface area contributed by atoms with Gasteiger partial charge in [-0.1, -0.05) is 24.3 Å². The van der Waals surface area contributed by atoms with Crippen LogP contribution in [-0.2, 0) is 16.1 Å². The van der Waals surface area contributed by atoms with Crippen molar-refractivity contribution in [2.24, 2.45) is 0 Å². The minimum Gasteiger partial charge on any atom is -0.478 e. The van der Waals surface area contributed by atoms with E-state index in [4.69, 9.17) is 0 Å². The molecule has 1 aliphatic rings. The molecule has 0 radical (unpaired) electrons. The second kappa shape index (κ2) is 7.03. The van der Waals surface area contributed by atoms with Crippen LogP contribution in [0.4, 0.5) is 10.1 Å². The molecule has 0 aromatic heterocycles. The number of rotatable bonds is 3. The Balaban J connectivity index is 2.11. The summed E-state index contributed by atoms with van der Waals surface area (Å²) in [6.45, 7) is 3.74. The Morgan fingerprint density at radius 3 is 2.62 bits per heavy atom. The van der Waals surface area contributed by atoms with E-state index in [1.807, 2.05) is 19.1 Å². The molecule has 0 fully saturated rings. The highest BCUT2D eigenvalue weighted by molar-refractivity contribution is 9.15. The fourth-order valence-electron chi connectivity index (χ4n) is 2.93. The Kier molecular flexibility index (Phi) is 4.96. The lowest BCUT2D eigenvalue weighted by Crippen LogP contribution is -2.30. The summed E-state index contributed by atoms with van der Waals surface area (Å²) in [7, 11) is 0. The van der Waals surface area contributed by atoms with E-state index in [-0.39, 0.29) is 30.3 Å². The quantitative estimate of drug-likeness (QED) is 0.795. The molecule has 1 aliphatic heterocycles. The molecule has 0 aliphatic carbocycles. The Morgan fingerprint density at radius 1 is 1.23 bits per heavy atom. The predicted molar refractivity (Wildman–Crippen MR) is 102 cm³/mol. The average Bonchev–Trinajstić information content (AvgIpc) is 2.68. The zero-order chi connectivity index (χ0) is 19.0. The standard InChI is InChI=1S/C20H17BrFNO3/c1-11-3-6-14-17(7-11)23(10-13-5-4-12(2)16(22)8-13)18(24)9-15(19(14)21)20(25)26/h3-8H,9-10H2,1-2H3,(H,25,26). The number of anilines is 1. The van der Waals surface area contributed by atoms with Crippen LogP contribution in [0, 0.1) is 19.7 Å². The summed E-state index contributed by atoms with van der Waals surface area (Å²) in [4.78, 5) is 25.9. The third kappa shape index (κ3) is 3.42. The number of benzene rings is 2. The molecular formula is C20H17BrFNO3. The average molecular weight is 418 g/mol. The highest BCUT2D eigenvalue weighted by Gasteiger charge is 2.29. The van der Waals surface area contributed by atoms with E-state index in [9.17, 15) is 19.1 Å². The fraction of sp³-hybridized carbons (Fsp3) is 0.200. The van der Waals surface area contributed by atoms with E-state index in [2.05, 4.69) is 15.9 Å². The number of hydrogen-bond acceptors (Lipinski definition) is 2. The third-order valence-corrected chi connectivity index (χ3v) is 5.32. The number of aliphatic carboxylic acids is 1. The number of carboxylic acid groups (broad SMARTS) is 1. The first-order valence-corrected chi connectivity index (χ1v) is 8.85. The summed E-state index contributed by atoms with van der Waals surface area (Å²) in [5, 5.41) is 9.47. The molecule has 0 atom stereocenters. The second-order valence-electron chi connectivity index (χ2n) is 6.36. The summed E-state index contributed by atoms with van der Waals surface area (Å²) in [5.41, 5.74) is 3.37. The van der Waals surface area contributed by atoms with Crippen molar-refractivity contribution in [2.75, 3.05) is 4.90 Å². The Bertz CT molecular complexity index is 952. The minimum atomic E-state index is -1.14. The maximum absolute atomic E-state index is 13.9. The van der Waals surface area contributed by atoms with Gasteiger partial charge in [0.05, 0.1) is 24.2 Å². The number of carboxylic acids is 1. The fourth-order valence-corrected chi connectivity index (χ4v) is 3.58. The molecule has 3 rings (SSSR count). The SMILES string of the molecule is Cc1ccc2c(c1)N(Cc1ccc(C)c(F)c1)C(=O)CC(C(=O)O)=C2Br. The first-order valence-electron chi connectivity index (χ1n) is 8.06. The molecule has 4 nitrogen and oxygen atoms in total. The number of aryl methyl sites for hydroxylation is 2. The topological polar surface area (TPSA) is 57.6 Å². The van der Waals surface area contributed by atoms with Crippen molar-refractivity contribution in [3.63, 3.8) is 0 Å². The van der Waals surface area contributed by atoms with Crippen molar-refractivity contribution < 1.29 is 19.1 Å². The van der Waals surface area contributed by atoms with Gasteiger partial charge in [0.2, 0.25) is 5.91 Å². The van der Waals surface area contributed by atoms with Gasteiger partial charge in [-0.05, 0) is 58.6 Å². The molecule has 1 N–H and O–H groups in total. The number of fused-ring (bicyclic) bond motifs is 1. The Hall–Kier alpha value is -2.47. The van der Waals surface area contributed by atoms with Crippen LogP contribution in [0.3, 0.4) is 0 Å². The largest absolute Gasteiger partial charge is 0.478 e. The zero-order valence-corrected chi connectivity index (χ0v) is 15.9. The maximum Gasteiger partial charge on any atom is 0.333 e. The van der Waals surface area contributed by atoms with Crippen molar-refractivity contribution in [2.45, 2.75) is 26.8 Å². The summed E-state index contributed by atoms with van der Waals surface area (Å²) >= 11 is 3.35. The molecule has 0 spiro atoms. The second-order valence-corrected chi connectivity index (χ2v) is 7.15. The van der Waals surface area contributed by atoms with E-state index in [1.54, 1.807) is 25.1 Å². The van der Waals surface area contributed by atoms with E-state index in [1.165, 1.54) is 11.0 Å². The van der Waals surface area contributed by atoms with Gasteiger partial charge in [0, 0.05) is 10.0 Å². The predicted octanol–water partition coefficient (Wildman–Crippen LogP) is 4.57.